The normalized spacial score (nSPS) is 10.4. The summed E-state index contributed by atoms with van der Waals surface area (Å²) in [6.07, 6.45) is 1.48. The Morgan fingerprint density at radius 3 is 2.32 bits per heavy atom. The average molecular weight is 292 g/mol. The fourth-order valence-electron chi connectivity index (χ4n) is 2.39. The van der Waals surface area contributed by atoms with Crippen molar-refractivity contribution in [1.29, 1.82) is 0 Å². The van der Waals surface area contributed by atoms with E-state index < -0.39 is 0 Å². The summed E-state index contributed by atoms with van der Waals surface area (Å²) < 4.78 is 5.30. The first-order chi connectivity index (χ1) is 10.8. The number of benzene rings is 2. The molecule has 0 atom stereocenters. The topological polar surface area (TPSA) is 46.3 Å². The first-order valence-electron chi connectivity index (χ1n) is 7.18. The van der Waals surface area contributed by atoms with E-state index in [4.69, 9.17) is 4.52 Å². The van der Waals surface area contributed by atoms with E-state index in [2.05, 4.69) is 5.16 Å². The standard InChI is InChI=1S/C18H16N2O2/c1-2-20(15-11-7-4-8-12-15)18(21)16-13-19-22-17(16)14-9-5-3-6-10-14/h3-13H,2H2,1H3. The summed E-state index contributed by atoms with van der Waals surface area (Å²) in [6.45, 7) is 2.52. The fourth-order valence-corrected chi connectivity index (χ4v) is 2.39. The van der Waals surface area contributed by atoms with Gasteiger partial charge in [-0.3, -0.25) is 4.79 Å². The quantitative estimate of drug-likeness (QED) is 0.730. The van der Waals surface area contributed by atoms with E-state index >= 15 is 0 Å². The molecule has 4 heteroatoms. The number of hydrogen-bond acceptors (Lipinski definition) is 3. The van der Waals surface area contributed by atoms with Crippen LogP contribution in [0.2, 0.25) is 0 Å². The van der Waals surface area contributed by atoms with Crippen LogP contribution in [-0.2, 0) is 0 Å². The lowest BCUT2D eigenvalue weighted by molar-refractivity contribution is 0.0988. The average Bonchev–Trinajstić information content (AvgIpc) is 3.07. The molecule has 0 saturated carbocycles. The lowest BCUT2D eigenvalue weighted by atomic mass is 10.1. The van der Waals surface area contributed by atoms with Crippen LogP contribution in [0.4, 0.5) is 5.69 Å². The fraction of sp³-hybridized carbons (Fsp3) is 0.111. The minimum atomic E-state index is -0.117. The molecule has 0 saturated heterocycles. The van der Waals surface area contributed by atoms with Crippen molar-refractivity contribution in [3.63, 3.8) is 0 Å². The Balaban J connectivity index is 1.98. The SMILES string of the molecule is CCN(C(=O)c1cnoc1-c1ccccc1)c1ccccc1. The molecule has 1 heterocycles. The second-order valence-corrected chi connectivity index (χ2v) is 4.82. The first-order valence-corrected chi connectivity index (χ1v) is 7.18. The third kappa shape index (κ3) is 2.63. The zero-order valence-corrected chi connectivity index (χ0v) is 12.3. The Kier molecular flexibility index (Phi) is 4.01. The molecule has 0 bridgehead atoms. The summed E-state index contributed by atoms with van der Waals surface area (Å²) in [7, 11) is 0. The second-order valence-electron chi connectivity index (χ2n) is 4.82. The summed E-state index contributed by atoms with van der Waals surface area (Å²) in [5.41, 5.74) is 2.17. The van der Waals surface area contributed by atoms with Gasteiger partial charge in [0.05, 0.1) is 6.20 Å². The molecule has 0 aliphatic heterocycles. The predicted molar refractivity (Wildman–Crippen MR) is 85.7 cm³/mol. The molecule has 0 unspecified atom stereocenters. The van der Waals surface area contributed by atoms with Gasteiger partial charge in [-0.2, -0.15) is 0 Å². The van der Waals surface area contributed by atoms with Crippen LogP contribution in [0.25, 0.3) is 11.3 Å². The third-order valence-corrected chi connectivity index (χ3v) is 3.47. The molecule has 1 amide bonds. The highest BCUT2D eigenvalue weighted by Crippen LogP contribution is 2.26. The lowest BCUT2D eigenvalue weighted by Gasteiger charge is -2.20. The van der Waals surface area contributed by atoms with Crippen LogP contribution < -0.4 is 4.90 Å². The van der Waals surface area contributed by atoms with Gasteiger partial charge < -0.3 is 9.42 Å². The highest BCUT2D eigenvalue weighted by Gasteiger charge is 2.23. The number of anilines is 1. The van der Waals surface area contributed by atoms with Gasteiger partial charge in [-0.05, 0) is 19.1 Å². The number of para-hydroxylation sites is 1. The molecule has 2 aromatic carbocycles. The third-order valence-electron chi connectivity index (χ3n) is 3.47. The molecule has 0 spiro atoms. The smallest absolute Gasteiger partial charge is 0.263 e. The molecule has 3 rings (SSSR count). The van der Waals surface area contributed by atoms with Gasteiger partial charge in [-0.25, -0.2) is 0 Å². The van der Waals surface area contributed by atoms with Crippen LogP contribution in [0.1, 0.15) is 17.3 Å². The molecule has 3 aromatic rings. The number of carbonyl (C=O) groups is 1. The monoisotopic (exact) mass is 292 g/mol. The van der Waals surface area contributed by atoms with Crippen molar-refractivity contribution in [2.75, 3.05) is 11.4 Å². The predicted octanol–water partition coefficient (Wildman–Crippen LogP) is 4.01. The summed E-state index contributed by atoms with van der Waals surface area (Å²) in [4.78, 5) is 14.6. The van der Waals surface area contributed by atoms with Crippen LogP contribution in [-0.4, -0.2) is 17.6 Å². The highest BCUT2D eigenvalue weighted by atomic mass is 16.5. The van der Waals surface area contributed by atoms with Crippen molar-refractivity contribution in [3.8, 4) is 11.3 Å². The molecule has 4 nitrogen and oxygen atoms in total. The molecule has 22 heavy (non-hydrogen) atoms. The van der Waals surface area contributed by atoms with Gasteiger partial charge in [0, 0.05) is 17.8 Å². The van der Waals surface area contributed by atoms with Crippen molar-refractivity contribution in [2.24, 2.45) is 0 Å². The molecule has 0 aliphatic carbocycles. The molecule has 0 fully saturated rings. The van der Waals surface area contributed by atoms with Crippen LogP contribution in [0.3, 0.4) is 0 Å². The number of aromatic nitrogens is 1. The molecule has 0 radical (unpaired) electrons. The summed E-state index contributed by atoms with van der Waals surface area (Å²) >= 11 is 0. The van der Waals surface area contributed by atoms with Crippen molar-refractivity contribution in [2.45, 2.75) is 6.92 Å². The molecule has 110 valence electrons. The number of hydrogen-bond donors (Lipinski definition) is 0. The maximum absolute atomic E-state index is 12.9. The number of carbonyl (C=O) groups excluding carboxylic acids is 1. The van der Waals surface area contributed by atoms with Gasteiger partial charge in [0.15, 0.2) is 5.76 Å². The Labute approximate surface area is 129 Å². The number of rotatable bonds is 4. The van der Waals surface area contributed by atoms with E-state index in [9.17, 15) is 4.79 Å². The Bertz CT molecular complexity index is 751. The molecule has 0 aliphatic rings. The first kappa shape index (κ1) is 14.1. The number of nitrogens with zero attached hydrogens (tertiary/aromatic N) is 2. The Morgan fingerprint density at radius 1 is 1.05 bits per heavy atom. The minimum absolute atomic E-state index is 0.117. The van der Waals surface area contributed by atoms with Crippen molar-refractivity contribution >= 4 is 11.6 Å². The summed E-state index contributed by atoms with van der Waals surface area (Å²) in [5.74, 6) is 0.383. The number of amides is 1. The molecule has 0 N–H and O–H groups in total. The van der Waals surface area contributed by atoms with Crippen LogP contribution >= 0.6 is 0 Å². The van der Waals surface area contributed by atoms with Crippen LogP contribution in [0.15, 0.2) is 71.4 Å². The van der Waals surface area contributed by atoms with Crippen molar-refractivity contribution in [3.05, 3.63) is 72.4 Å². The molecular weight excluding hydrogens is 276 g/mol. The van der Waals surface area contributed by atoms with Gasteiger partial charge in [0.1, 0.15) is 5.56 Å². The minimum Gasteiger partial charge on any atom is -0.355 e. The summed E-state index contributed by atoms with van der Waals surface area (Å²) in [6, 6.07) is 19.1. The van der Waals surface area contributed by atoms with Crippen LogP contribution in [0.5, 0.6) is 0 Å². The second kappa shape index (κ2) is 6.26. The van der Waals surface area contributed by atoms with Crippen LogP contribution in [0, 0.1) is 0 Å². The molecule has 1 aromatic heterocycles. The Morgan fingerprint density at radius 2 is 1.68 bits per heavy atom. The van der Waals surface area contributed by atoms with Crippen molar-refractivity contribution in [1.82, 2.24) is 5.16 Å². The molecular formula is C18H16N2O2. The van der Waals surface area contributed by atoms with E-state index in [-0.39, 0.29) is 5.91 Å². The summed E-state index contributed by atoms with van der Waals surface area (Å²) in [5, 5.41) is 3.81. The Hall–Kier alpha value is -2.88. The van der Waals surface area contributed by atoms with E-state index in [1.807, 2.05) is 67.6 Å². The lowest BCUT2D eigenvalue weighted by Crippen LogP contribution is -2.30. The van der Waals surface area contributed by atoms with Gasteiger partial charge >= 0.3 is 0 Å². The van der Waals surface area contributed by atoms with Gasteiger partial charge in [0.2, 0.25) is 0 Å². The van der Waals surface area contributed by atoms with Gasteiger partial charge in [-0.1, -0.05) is 53.7 Å². The van der Waals surface area contributed by atoms with E-state index in [0.29, 0.717) is 17.9 Å². The largest absolute Gasteiger partial charge is 0.355 e. The van der Waals surface area contributed by atoms with Gasteiger partial charge in [0.25, 0.3) is 5.91 Å². The maximum Gasteiger partial charge on any atom is 0.263 e. The van der Waals surface area contributed by atoms with E-state index in [0.717, 1.165) is 11.3 Å². The van der Waals surface area contributed by atoms with Crippen molar-refractivity contribution < 1.29 is 9.32 Å². The van der Waals surface area contributed by atoms with E-state index in [1.165, 1.54) is 6.20 Å². The zero-order chi connectivity index (χ0) is 15.4. The van der Waals surface area contributed by atoms with Gasteiger partial charge in [-0.15, -0.1) is 0 Å². The maximum atomic E-state index is 12.9. The van der Waals surface area contributed by atoms with E-state index in [1.54, 1.807) is 4.90 Å². The highest BCUT2D eigenvalue weighted by molar-refractivity contribution is 6.09. The zero-order valence-electron chi connectivity index (χ0n) is 12.3.